The Balaban J connectivity index is 1.75. The van der Waals surface area contributed by atoms with Gasteiger partial charge in [-0.15, -0.1) is 0 Å². The molecule has 1 amide bonds. The van der Waals surface area contributed by atoms with Crippen molar-refractivity contribution in [2.24, 2.45) is 0 Å². The van der Waals surface area contributed by atoms with Gasteiger partial charge in [-0.05, 0) is 89.1 Å². The van der Waals surface area contributed by atoms with Crippen molar-refractivity contribution in [3.05, 3.63) is 62.6 Å². The number of rotatable bonds is 7. The van der Waals surface area contributed by atoms with E-state index >= 15 is 0 Å². The molecule has 32 heavy (non-hydrogen) atoms. The summed E-state index contributed by atoms with van der Waals surface area (Å²) < 4.78 is 5.72. The van der Waals surface area contributed by atoms with Crippen LogP contribution in [0, 0.1) is 20.8 Å². The zero-order chi connectivity index (χ0) is 23.5. The second kappa shape index (κ2) is 9.49. The Morgan fingerprint density at radius 1 is 1.16 bits per heavy atom. The Morgan fingerprint density at radius 2 is 1.84 bits per heavy atom. The molecule has 0 saturated heterocycles. The van der Waals surface area contributed by atoms with E-state index < -0.39 is 0 Å². The molecular weight excluding hydrogens is 402 g/mol. The van der Waals surface area contributed by atoms with Crippen molar-refractivity contribution in [2.45, 2.75) is 84.4 Å². The van der Waals surface area contributed by atoms with Gasteiger partial charge in [0.15, 0.2) is 0 Å². The number of aryl methyl sites for hydroxylation is 2. The molecule has 1 aliphatic carbocycles. The van der Waals surface area contributed by atoms with E-state index in [0.717, 1.165) is 54.6 Å². The van der Waals surface area contributed by atoms with Crippen molar-refractivity contribution in [1.82, 2.24) is 10.3 Å². The van der Waals surface area contributed by atoms with E-state index in [1.165, 1.54) is 0 Å². The molecule has 1 heterocycles. The highest BCUT2D eigenvalue weighted by molar-refractivity contribution is 5.97. The lowest BCUT2D eigenvalue weighted by molar-refractivity contribution is -0.0360. The highest BCUT2D eigenvalue weighted by Crippen LogP contribution is 2.41. The number of anilines is 1. The normalized spacial score (nSPS) is 23.1. The number of H-pyrrole nitrogens is 1. The number of nitrogens with one attached hydrogen (secondary N) is 3. The van der Waals surface area contributed by atoms with Crippen LogP contribution in [0.1, 0.15) is 78.7 Å². The number of carbonyl (C=O) groups excluding carboxylic acids is 1. The number of pyridine rings is 1. The molecule has 174 valence electrons. The quantitative estimate of drug-likeness (QED) is 0.580. The SMILES string of the molecule is CCC1(Nc2cccc(C(=O)NCc3c(C)cc(C)[nH]c3=O)c2C)CCC(C)(OC)CC1. The van der Waals surface area contributed by atoms with E-state index in [1.807, 2.05) is 45.0 Å². The van der Waals surface area contributed by atoms with Gasteiger partial charge < -0.3 is 20.4 Å². The summed E-state index contributed by atoms with van der Waals surface area (Å²) in [4.78, 5) is 28.0. The summed E-state index contributed by atoms with van der Waals surface area (Å²) in [6, 6.07) is 7.72. The predicted molar refractivity (Wildman–Crippen MR) is 129 cm³/mol. The average molecular weight is 440 g/mol. The van der Waals surface area contributed by atoms with Crippen molar-refractivity contribution in [2.75, 3.05) is 12.4 Å². The van der Waals surface area contributed by atoms with Crippen LogP contribution in [0.15, 0.2) is 29.1 Å². The van der Waals surface area contributed by atoms with Crippen LogP contribution < -0.4 is 16.2 Å². The summed E-state index contributed by atoms with van der Waals surface area (Å²) in [5.74, 6) is -0.174. The Kier molecular flexibility index (Phi) is 7.13. The number of methoxy groups -OCH3 is 1. The van der Waals surface area contributed by atoms with Crippen LogP contribution in [0.2, 0.25) is 0 Å². The minimum Gasteiger partial charge on any atom is -0.379 e. The molecule has 2 aromatic rings. The molecule has 0 radical (unpaired) electrons. The molecule has 6 nitrogen and oxygen atoms in total. The van der Waals surface area contributed by atoms with Gasteiger partial charge in [-0.1, -0.05) is 13.0 Å². The Morgan fingerprint density at radius 3 is 2.44 bits per heavy atom. The third kappa shape index (κ3) is 5.07. The fourth-order valence-corrected chi connectivity index (χ4v) is 4.70. The van der Waals surface area contributed by atoms with E-state index in [0.29, 0.717) is 11.1 Å². The van der Waals surface area contributed by atoms with Crippen molar-refractivity contribution in [3.8, 4) is 0 Å². The van der Waals surface area contributed by atoms with Gasteiger partial charge in [-0.3, -0.25) is 9.59 Å². The molecule has 3 N–H and O–H groups in total. The second-order valence-corrected chi connectivity index (χ2v) is 9.52. The third-order valence-corrected chi connectivity index (χ3v) is 7.33. The number of hydrogen-bond acceptors (Lipinski definition) is 4. The second-order valence-electron chi connectivity index (χ2n) is 9.52. The third-order valence-electron chi connectivity index (χ3n) is 7.33. The highest BCUT2D eigenvalue weighted by atomic mass is 16.5. The molecule has 1 aliphatic rings. The first-order valence-corrected chi connectivity index (χ1v) is 11.5. The van der Waals surface area contributed by atoms with Crippen LogP contribution in [0.4, 0.5) is 5.69 Å². The number of hydrogen-bond donors (Lipinski definition) is 3. The van der Waals surface area contributed by atoms with E-state index in [4.69, 9.17) is 4.74 Å². The minimum atomic E-state index is -0.174. The maximum absolute atomic E-state index is 13.0. The molecule has 0 atom stereocenters. The highest BCUT2D eigenvalue weighted by Gasteiger charge is 2.39. The monoisotopic (exact) mass is 439 g/mol. The molecule has 0 aliphatic heterocycles. The van der Waals surface area contributed by atoms with Crippen LogP contribution in [-0.4, -0.2) is 29.1 Å². The molecule has 6 heteroatoms. The van der Waals surface area contributed by atoms with Gasteiger partial charge >= 0.3 is 0 Å². The minimum absolute atomic E-state index is 0.00417. The number of amides is 1. The van der Waals surface area contributed by atoms with Gasteiger partial charge in [0.2, 0.25) is 0 Å². The van der Waals surface area contributed by atoms with Gasteiger partial charge in [0.05, 0.1) is 5.60 Å². The molecular formula is C26H37N3O3. The number of ether oxygens (including phenoxy) is 1. The standard InChI is InChI=1S/C26H37N3O3/c1-7-26(13-11-25(5,32-6)12-14-26)29-22-10-8-9-20(19(22)4)23(30)27-16-21-17(2)15-18(3)28-24(21)31/h8-10,15,29H,7,11-14,16H2,1-6H3,(H,27,30)(H,28,31). The molecule has 1 aromatic carbocycles. The maximum Gasteiger partial charge on any atom is 0.253 e. The molecule has 0 spiro atoms. The van der Waals surface area contributed by atoms with E-state index in [9.17, 15) is 9.59 Å². The van der Waals surface area contributed by atoms with E-state index in [1.54, 1.807) is 7.11 Å². The van der Waals surface area contributed by atoms with Gasteiger partial charge in [-0.25, -0.2) is 0 Å². The molecule has 1 fully saturated rings. The number of carbonyl (C=O) groups is 1. The summed E-state index contributed by atoms with van der Waals surface area (Å²) in [6.45, 7) is 10.3. The predicted octanol–water partition coefficient (Wildman–Crippen LogP) is 4.77. The fourth-order valence-electron chi connectivity index (χ4n) is 4.70. The van der Waals surface area contributed by atoms with Crippen LogP contribution >= 0.6 is 0 Å². The Hall–Kier alpha value is -2.60. The molecule has 1 saturated carbocycles. The summed E-state index contributed by atoms with van der Waals surface area (Å²) in [7, 11) is 1.80. The summed E-state index contributed by atoms with van der Waals surface area (Å²) in [5.41, 5.74) is 4.62. The van der Waals surface area contributed by atoms with Crippen molar-refractivity contribution >= 4 is 11.6 Å². The number of aromatic amines is 1. The first kappa shape index (κ1) is 24.1. The van der Waals surface area contributed by atoms with Gasteiger partial charge in [0.1, 0.15) is 0 Å². The fraction of sp³-hybridized carbons (Fsp3) is 0.538. The molecule has 0 bridgehead atoms. The van der Waals surface area contributed by atoms with Gasteiger partial charge in [0, 0.05) is 41.7 Å². The first-order chi connectivity index (χ1) is 15.1. The topological polar surface area (TPSA) is 83.2 Å². The van der Waals surface area contributed by atoms with Crippen LogP contribution in [0.3, 0.4) is 0 Å². The summed E-state index contributed by atoms with van der Waals surface area (Å²) >= 11 is 0. The smallest absolute Gasteiger partial charge is 0.253 e. The Labute approximate surface area is 191 Å². The Bertz CT molecular complexity index is 1030. The zero-order valence-electron chi connectivity index (χ0n) is 20.3. The van der Waals surface area contributed by atoms with Crippen LogP contribution in [0.25, 0.3) is 0 Å². The van der Waals surface area contributed by atoms with Gasteiger partial charge in [-0.2, -0.15) is 0 Å². The van der Waals surface area contributed by atoms with Crippen LogP contribution in [-0.2, 0) is 11.3 Å². The zero-order valence-corrected chi connectivity index (χ0v) is 20.3. The van der Waals surface area contributed by atoms with Crippen molar-refractivity contribution < 1.29 is 9.53 Å². The maximum atomic E-state index is 13.0. The number of benzene rings is 1. The lowest BCUT2D eigenvalue weighted by Gasteiger charge is -2.45. The van der Waals surface area contributed by atoms with Crippen molar-refractivity contribution in [3.63, 3.8) is 0 Å². The summed E-state index contributed by atoms with van der Waals surface area (Å²) in [6.07, 6.45) is 5.08. The molecule has 0 unspecified atom stereocenters. The average Bonchev–Trinajstić information content (AvgIpc) is 2.76. The van der Waals surface area contributed by atoms with E-state index in [-0.39, 0.29) is 29.2 Å². The van der Waals surface area contributed by atoms with Gasteiger partial charge in [0.25, 0.3) is 11.5 Å². The van der Waals surface area contributed by atoms with Crippen molar-refractivity contribution in [1.29, 1.82) is 0 Å². The first-order valence-electron chi connectivity index (χ1n) is 11.5. The molecule has 3 rings (SSSR count). The van der Waals surface area contributed by atoms with E-state index in [2.05, 4.69) is 29.5 Å². The number of aromatic nitrogens is 1. The lowest BCUT2D eigenvalue weighted by atomic mass is 9.73. The lowest BCUT2D eigenvalue weighted by Crippen LogP contribution is -2.47. The summed E-state index contributed by atoms with van der Waals surface area (Å²) in [5, 5.41) is 6.70. The molecule has 1 aromatic heterocycles. The largest absolute Gasteiger partial charge is 0.379 e. The van der Waals surface area contributed by atoms with Crippen LogP contribution in [0.5, 0.6) is 0 Å².